The SMILES string of the molecule is CCN1CCN(c2cc3c(cc2F)c(=O)c(-c2nnc4sc(-c5cn6c7c(c(N8CCN(C)CC8)c(F)cc7c5=O)OC[C@@H]6C)nn24)cn3C2CC2)CC1. The lowest BCUT2D eigenvalue weighted by atomic mass is 10.1. The average molecular weight is 755 g/mol. The van der Waals surface area contributed by atoms with Gasteiger partial charge in [0.1, 0.15) is 18.1 Å². The van der Waals surface area contributed by atoms with Gasteiger partial charge in [0.05, 0.1) is 39.3 Å². The average Bonchev–Trinajstić information content (AvgIpc) is 3.82. The molecule has 2 aromatic carbocycles. The van der Waals surface area contributed by atoms with E-state index < -0.39 is 11.6 Å². The minimum atomic E-state index is -0.497. The Morgan fingerprint density at radius 3 is 2.30 bits per heavy atom. The van der Waals surface area contributed by atoms with E-state index in [1.165, 1.54) is 16.6 Å². The number of rotatable bonds is 6. The number of ether oxygens (including phenoxy) is 1. The minimum Gasteiger partial charge on any atom is -0.487 e. The van der Waals surface area contributed by atoms with Gasteiger partial charge in [-0.2, -0.15) is 9.61 Å². The minimum absolute atomic E-state index is 0.133. The van der Waals surface area contributed by atoms with E-state index in [1.54, 1.807) is 12.4 Å². The molecule has 10 rings (SSSR count). The third-order valence-corrected chi connectivity index (χ3v) is 12.6. The summed E-state index contributed by atoms with van der Waals surface area (Å²) in [4.78, 5) is 37.4. The summed E-state index contributed by atoms with van der Waals surface area (Å²) in [7, 11) is 2.04. The summed E-state index contributed by atoms with van der Waals surface area (Å²) in [5, 5.41) is 14.4. The molecule has 0 amide bonds. The van der Waals surface area contributed by atoms with Crippen molar-refractivity contribution in [2.45, 2.75) is 38.8 Å². The fourth-order valence-electron chi connectivity index (χ4n) is 8.30. The van der Waals surface area contributed by atoms with E-state index in [0.717, 1.165) is 56.9 Å². The molecule has 2 saturated heterocycles. The number of fused-ring (bicyclic) bond motifs is 2. The highest BCUT2D eigenvalue weighted by molar-refractivity contribution is 7.19. The number of nitrogens with zero attached hydrogens (tertiary/aromatic N) is 10. The number of pyridine rings is 2. The second-order valence-corrected chi connectivity index (χ2v) is 16.0. The van der Waals surface area contributed by atoms with Crippen LogP contribution < -0.4 is 25.4 Å². The lowest BCUT2D eigenvalue weighted by Gasteiger charge is -2.37. The van der Waals surface area contributed by atoms with Gasteiger partial charge in [0.15, 0.2) is 27.8 Å². The summed E-state index contributed by atoms with van der Waals surface area (Å²) in [6.45, 7) is 11.4. The predicted octanol–water partition coefficient (Wildman–Crippen LogP) is 4.61. The predicted molar refractivity (Wildman–Crippen MR) is 205 cm³/mol. The molecule has 0 N–H and O–H groups in total. The fourth-order valence-corrected chi connectivity index (χ4v) is 9.15. The second-order valence-electron chi connectivity index (χ2n) is 15.0. The van der Waals surface area contributed by atoms with E-state index in [4.69, 9.17) is 9.84 Å². The third-order valence-electron chi connectivity index (χ3n) is 11.6. The van der Waals surface area contributed by atoms with E-state index in [1.807, 2.05) is 29.5 Å². The van der Waals surface area contributed by atoms with Gasteiger partial charge in [-0.25, -0.2) is 8.78 Å². The van der Waals surface area contributed by atoms with E-state index in [-0.39, 0.29) is 45.1 Å². The maximum absolute atomic E-state index is 16.0. The maximum atomic E-state index is 16.0. The van der Waals surface area contributed by atoms with Crippen LogP contribution in [0.2, 0.25) is 0 Å². The van der Waals surface area contributed by atoms with Gasteiger partial charge in [0.2, 0.25) is 10.4 Å². The van der Waals surface area contributed by atoms with Crippen LogP contribution in [-0.4, -0.2) is 111 Å². The van der Waals surface area contributed by atoms with Crippen LogP contribution in [0.25, 0.3) is 48.7 Å². The van der Waals surface area contributed by atoms with Crippen LogP contribution in [0, 0.1) is 11.6 Å². The van der Waals surface area contributed by atoms with Crippen molar-refractivity contribution in [1.82, 2.24) is 38.7 Å². The number of hydrogen-bond donors (Lipinski definition) is 0. The molecule has 1 saturated carbocycles. The maximum Gasteiger partial charge on any atom is 0.235 e. The molecular formula is C38H40F2N10O3S. The van der Waals surface area contributed by atoms with Crippen molar-refractivity contribution < 1.29 is 13.5 Å². The number of likely N-dealkylation sites (N-methyl/N-ethyl adjacent to an activating group) is 2. The van der Waals surface area contributed by atoms with Crippen LogP contribution in [-0.2, 0) is 0 Å². The summed E-state index contributed by atoms with van der Waals surface area (Å²) < 4.78 is 43.6. The van der Waals surface area contributed by atoms with Gasteiger partial charge in [0.25, 0.3) is 0 Å². The first-order valence-corrected chi connectivity index (χ1v) is 19.6. The van der Waals surface area contributed by atoms with Crippen molar-refractivity contribution >= 4 is 49.5 Å². The number of halogens is 2. The van der Waals surface area contributed by atoms with Crippen LogP contribution >= 0.6 is 11.3 Å². The van der Waals surface area contributed by atoms with Crippen LogP contribution in [0.4, 0.5) is 20.2 Å². The third kappa shape index (κ3) is 5.24. The summed E-state index contributed by atoms with van der Waals surface area (Å²) in [6, 6.07) is 4.56. The Kier molecular flexibility index (Phi) is 7.82. The quantitative estimate of drug-likeness (QED) is 0.239. The molecule has 1 atom stereocenters. The zero-order valence-corrected chi connectivity index (χ0v) is 31.2. The summed E-state index contributed by atoms with van der Waals surface area (Å²) in [5.41, 5.74) is 1.97. The standard InChI is InChI=1S/C38H40F2N10O3S/c1-4-45-9-13-46(14-10-45)30-17-29-23(15-27(30)39)33(51)25(18-49(29)22-5-6-22)36-41-42-38-50(36)43-37(54-38)26-19-48-21(2)20-53-35-31(48)24(34(26)52)16-28(40)32(35)47-11-7-44(3)8-12-47/h15-19,21-22H,4-14,20H2,1-3H3/t21-/m0/s1. The Hall–Kier alpha value is -4.93. The Morgan fingerprint density at radius 2 is 1.56 bits per heavy atom. The molecule has 4 aliphatic rings. The Balaban J connectivity index is 1.07. The molecule has 3 aliphatic heterocycles. The first-order valence-electron chi connectivity index (χ1n) is 18.7. The Bertz CT molecular complexity index is 2610. The first-order chi connectivity index (χ1) is 26.2. The fraction of sp³-hybridized carbons (Fsp3) is 0.447. The highest BCUT2D eigenvalue weighted by Gasteiger charge is 2.32. The van der Waals surface area contributed by atoms with Gasteiger partial charge in [-0.15, -0.1) is 10.2 Å². The zero-order chi connectivity index (χ0) is 37.0. The topological polar surface area (TPSA) is 109 Å². The molecule has 7 heterocycles. The molecule has 0 unspecified atom stereocenters. The van der Waals surface area contributed by atoms with Gasteiger partial charge in [-0.3, -0.25) is 9.59 Å². The van der Waals surface area contributed by atoms with Crippen molar-refractivity contribution in [2.75, 3.05) is 82.4 Å². The van der Waals surface area contributed by atoms with Crippen molar-refractivity contribution in [3.05, 3.63) is 62.7 Å². The number of hydrogen-bond acceptors (Lipinski definition) is 11. The molecule has 16 heteroatoms. The van der Waals surface area contributed by atoms with Gasteiger partial charge >= 0.3 is 0 Å². The normalized spacial score (nSPS) is 19.8. The Labute approximate surface area is 312 Å². The van der Waals surface area contributed by atoms with Gasteiger partial charge in [0, 0.05) is 76.2 Å². The highest BCUT2D eigenvalue weighted by Crippen LogP contribution is 2.43. The van der Waals surface area contributed by atoms with E-state index in [9.17, 15) is 9.59 Å². The molecule has 54 heavy (non-hydrogen) atoms. The summed E-state index contributed by atoms with van der Waals surface area (Å²) >= 11 is 1.16. The largest absolute Gasteiger partial charge is 0.487 e. The number of anilines is 2. The smallest absolute Gasteiger partial charge is 0.235 e. The molecule has 0 bridgehead atoms. The molecule has 13 nitrogen and oxygen atoms in total. The molecule has 0 spiro atoms. The molecule has 6 aromatic rings. The number of aromatic nitrogens is 6. The molecule has 4 aromatic heterocycles. The van der Waals surface area contributed by atoms with E-state index in [0.29, 0.717) is 76.5 Å². The van der Waals surface area contributed by atoms with E-state index in [2.05, 4.69) is 36.4 Å². The van der Waals surface area contributed by atoms with Gasteiger partial charge in [-0.1, -0.05) is 18.3 Å². The second kappa shape index (κ2) is 12.6. The first kappa shape index (κ1) is 33.6. The zero-order valence-electron chi connectivity index (χ0n) is 30.4. The van der Waals surface area contributed by atoms with Crippen molar-refractivity contribution in [1.29, 1.82) is 0 Å². The van der Waals surface area contributed by atoms with Gasteiger partial charge < -0.3 is 33.5 Å². The number of benzene rings is 2. The van der Waals surface area contributed by atoms with Crippen LogP contribution in [0.3, 0.4) is 0 Å². The van der Waals surface area contributed by atoms with Crippen molar-refractivity contribution in [2.24, 2.45) is 0 Å². The molecule has 3 fully saturated rings. The van der Waals surface area contributed by atoms with Crippen LogP contribution in [0.15, 0.2) is 40.2 Å². The van der Waals surface area contributed by atoms with Crippen molar-refractivity contribution in [3.8, 4) is 27.7 Å². The van der Waals surface area contributed by atoms with Crippen LogP contribution in [0.5, 0.6) is 5.75 Å². The lowest BCUT2D eigenvalue weighted by molar-refractivity contribution is 0.245. The molecular weight excluding hydrogens is 715 g/mol. The Morgan fingerprint density at radius 1 is 0.852 bits per heavy atom. The molecule has 280 valence electrons. The monoisotopic (exact) mass is 754 g/mol. The molecule has 0 radical (unpaired) electrons. The summed E-state index contributed by atoms with van der Waals surface area (Å²) in [5.74, 6) is -0.323. The molecule has 1 aliphatic carbocycles. The van der Waals surface area contributed by atoms with Crippen molar-refractivity contribution in [3.63, 3.8) is 0 Å². The number of piperazine rings is 2. The van der Waals surface area contributed by atoms with E-state index >= 15 is 8.78 Å². The van der Waals surface area contributed by atoms with Gasteiger partial charge in [-0.05, 0) is 51.6 Å². The lowest BCUT2D eigenvalue weighted by Crippen LogP contribution is -2.46. The summed E-state index contributed by atoms with van der Waals surface area (Å²) in [6.07, 6.45) is 5.48. The van der Waals surface area contributed by atoms with Crippen LogP contribution in [0.1, 0.15) is 38.8 Å². The highest BCUT2D eigenvalue weighted by atomic mass is 32.1.